The van der Waals surface area contributed by atoms with E-state index in [0.717, 1.165) is 23.5 Å². The normalized spacial score (nSPS) is 22.7. The molecule has 0 aromatic heterocycles. The second-order valence-corrected chi connectivity index (χ2v) is 4.21. The van der Waals surface area contributed by atoms with Crippen molar-refractivity contribution in [3.63, 3.8) is 0 Å². The molecule has 2 rings (SSSR count). The molecule has 0 heterocycles. The fourth-order valence-electron chi connectivity index (χ4n) is 2.06. The van der Waals surface area contributed by atoms with Crippen molar-refractivity contribution in [2.24, 2.45) is 5.92 Å². The lowest BCUT2D eigenvalue weighted by Crippen LogP contribution is -1.96. The molecule has 0 bridgehead atoms. The van der Waals surface area contributed by atoms with Gasteiger partial charge in [-0.2, -0.15) is 0 Å². The number of Topliss-reactive ketones (excluding diaryl/α,β-unsaturated/α-hetero) is 1. The van der Waals surface area contributed by atoms with Crippen LogP contribution >= 0.6 is 0 Å². The SMILES string of the molecule is COc1cc(OC)cc([C@H]2C[C@H]2C(C)=O)c1. The monoisotopic (exact) mass is 220 g/mol. The second-order valence-electron chi connectivity index (χ2n) is 4.21. The molecule has 16 heavy (non-hydrogen) atoms. The molecule has 3 heteroatoms. The van der Waals surface area contributed by atoms with E-state index in [-0.39, 0.29) is 11.7 Å². The summed E-state index contributed by atoms with van der Waals surface area (Å²) in [5.41, 5.74) is 1.14. The fourth-order valence-corrected chi connectivity index (χ4v) is 2.06. The molecule has 0 spiro atoms. The Morgan fingerprint density at radius 3 is 2.12 bits per heavy atom. The molecule has 0 radical (unpaired) electrons. The van der Waals surface area contributed by atoms with Gasteiger partial charge in [-0.15, -0.1) is 0 Å². The van der Waals surface area contributed by atoms with Gasteiger partial charge in [0.05, 0.1) is 14.2 Å². The first-order valence-electron chi connectivity index (χ1n) is 5.39. The average molecular weight is 220 g/mol. The largest absolute Gasteiger partial charge is 0.497 e. The summed E-state index contributed by atoms with van der Waals surface area (Å²) in [5, 5.41) is 0. The lowest BCUT2D eigenvalue weighted by molar-refractivity contribution is -0.118. The first-order chi connectivity index (χ1) is 7.65. The highest BCUT2D eigenvalue weighted by atomic mass is 16.5. The van der Waals surface area contributed by atoms with Crippen molar-refractivity contribution in [1.82, 2.24) is 0 Å². The first kappa shape index (κ1) is 11.0. The van der Waals surface area contributed by atoms with Gasteiger partial charge in [0.15, 0.2) is 0 Å². The van der Waals surface area contributed by atoms with Crippen molar-refractivity contribution < 1.29 is 14.3 Å². The molecule has 1 aromatic rings. The third-order valence-electron chi connectivity index (χ3n) is 3.11. The number of carbonyl (C=O) groups is 1. The maximum Gasteiger partial charge on any atom is 0.133 e. The standard InChI is InChI=1S/C13H16O3/c1-8(14)12-7-13(12)9-4-10(15-2)6-11(5-9)16-3/h4-6,12-13H,7H2,1-3H3/t12-,13+/m0/s1. The Balaban J connectivity index is 2.24. The predicted octanol–water partition coefficient (Wildman–Crippen LogP) is 2.40. The molecule has 1 saturated carbocycles. The van der Waals surface area contributed by atoms with E-state index in [0.29, 0.717) is 5.92 Å². The Morgan fingerprint density at radius 2 is 1.75 bits per heavy atom. The van der Waals surface area contributed by atoms with Crippen LogP contribution in [-0.4, -0.2) is 20.0 Å². The van der Waals surface area contributed by atoms with Gasteiger partial charge in [-0.05, 0) is 37.0 Å². The zero-order valence-electron chi connectivity index (χ0n) is 9.82. The van der Waals surface area contributed by atoms with Crippen LogP contribution in [0.2, 0.25) is 0 Å². The molecule has 3 nitrogen and oxygen atoms in total. The molecule has 2 atom stereocenters. The van der Waals surface area contributed by atoms with Gasteiger partial charge in [-0.1, -0.05) is 0 Å². The van der Waals surface area contributed by atoms with Crippen molar-refractivity contribution in [2.75, 3.05) is 14.2 Å². The molecule has 1 fully saturated rings. The summed E-state index contributed by atoms with van der Waals surface area (Å²) in [6.07, 6.45) is 0.950. The molecule has 0 aliphatic heterocycles. The van der Waals surface area contributed by atoms with E-state index in [1.807, 2.05) is 18.2 Å². The van der Waals surface area contributed by atoms with E-state index < -0.39 is 0 Å². The third kappa shape index (κ3) is 2.03. The van der Waals surface area contributed by atoms with Crippen LogP contribution in [0.3, 0.4) is 0 Å². The number of ketones is 1. The van der Waals surface area contributed by atoms with Crippen LogP contribution < -0.4 is 9.47 Å². The first-order valence-corrected chi connectivity index (χ1v) is 5.39. The number of hydrogen-bond acceptors (Lipinski definition) is 3. The molecule has 0 N–H and O–H groups in total. The van der Waals surface area contributed by atoms with Crippen molar-refractivity contribution in [2.45, 2.75) is 19.3 Å². The van der Waals surface area contributed by atoms with Gasteiger partial charge in [-0.25, -0.2) is 0 Å². The van der Waals surface area contributed by atoms with Crippen LogP contribution in [0, 0.1) is 5.92 Å². The molecule has 1 aliphatic carbocycles. The summed E-state index contributed by atoms with van der Waals surface area (Å²) in [7, 11) is 3.27. The minimum absolute atomic E-state index is 0.191. The lowest BCUT2D eigenvalue weighted by Gasteiger charge is -2.07. The third-order valence-corrected chi connectivity index (χ3v) is 3.11. The van der Waals surface area contributed by atoms with Crippen molar-refractivity contribution in [3.05, 3.63) is 23.8 Å². The highest BCUT2D eigenvalue weighted by Crippen LogP contribution is 2.49. The van der Waals surface area contributed by atoms with Gasteiger partial charge < -0.3 is 9.47 Å². The fraction of sp³-hybridized carbons (Fsp3) is 0.462. The number of benzene rings is 1. The van der Waals surface area contributed by atoms with E-state index in [1.54, 1.807) is 21.1 Å². The zero-order chi connectivity index (χ0) is 11.7. The molecule has 0 amide bonds. The molecule has 0 saturated heterocycles. The van der Waals surface area contributed by atoms with E-state index >= 15 is 0 Å². The average Bonchev–Trinajstić information content (AvgIpc) is 3.08. The molecular weight excluding hydrogens is 204 g/mol. The summed E-state index contributed by atoms with van der Waals surface area (Å²) < 4.78 is 10.4. The summed E-state index contributed by atoms with van der Waals surface area (Å²) in [5.74, 6) is 2.37. The van der Waals surface area contributed by atoms with Crippen molar-refractivity contribution in [1.29, 1.82) is 0 Å². The number of rotatable bonds is 4. The van der Waals surface area contributed by atoms with Crippen molar-refractivity contribution >= 4 is 5.78 Å². The van der Waals surface area contributed by atoms with E-state index in [2.05, 4.69) is 0 Å². The maximum atomic E-state index is 11.2. The number of methoxy groups -OCH3 is 2. The van der Waals surface area contributed by atoms with Gasteiger partial charge in [0.25, 0.3) is 0 Å². The Bertz CT molecular complexity index is 389. The van der Waals surface area contributed by atoms with Gasteiger partial charge in [0.2, 0.25) is 0 Å². The summed E-state index contributed by atoms with van der Waals surface area (Å²) in [6, 6.07) is 5.81. The molecule has 1 aliphatic rings. The summed E-state index contributed by atoms with van der Waals surface area (Å²) in [6.45, 7) is 1.65. The topological polar surface area (TPSA) is 35.5 Å². The van der Waals surface area contributed by atoms with Gasteiger partial charge in [0, 0.05) is 12.0 Å². The predicted molar refractivity (Wildman–Crippen MR) is 61.1 cm³/mol. The van der Waals surface area contributed by atoms with Crippen molar-refractivity contribution in [3.8, 4) is 11.5 Å². The number of ether oxygens (including phenoxy) is 2. The van der Waals surface area contributed by atoms with Crippen LogP contribution in [0.25, 0.3) is 0 Å². The molecular formula is C13H16O3. The highest BCUT2D eigenvalue weighted by Gasteiger charge is 2.42. The quantitative estimate of drug-likeness (QED) is 0.781. The lowest BCUT2D eigenvalue weighted by atomic mass is 10.1. The number of hydrogen-bond donors (Lipinski definition) is 0. The van der Waals surface area contributed by atoms with Crippen LogP contribution in [0.15, 0.2) is 18.2 Å². The highest BCUT2D eigenvalue weighted by molar-refractivity contribution is 5.82. The Kier molecular flexibility index (Phi) is 2.86. The van der Waals surface area contributed by atoms with Crippen LogP contribution in [0.1, 0.15) is 24.8 Å². The van der Waals surface area contributed by atoms with Crippen LogP contribution in [0.4, 0.5) is 0 Å². The van der Waals surface area contributed by atoms with E-state index in [1.165, 1.54) is 0 Å². The Hall–Kier alpha value is -1.51. The van der Waals surface area contributed by atoms with Crippen LogP contribution in [-0.2, 0) is 4.79 Å². The van der Waals surface area contributed by atoms with E-state index in [4.69, 9.17) is 9.47 Å². The molecule has 86 valence electrons. The van der Waals surface area contributed by atoms with E-state index in [9.17, 15) is 4.79 Å². The molecule has 1 aromatic carbocycles. The molecule has 0 unspecified atom stereocenters. The second kappa shape index (κ2) is 4.16. The Morgan fingerprint density at radius 1 is 1.19 bits per heavy atom. The van der Waals surface area contributed by atoms with Crippen LogP contribution in [0.5, 0.6) is 11.5 Å². The Labute approximate surface area is 95.4 Å². The minimum Gasteiger partial charge on any atom is -0.497 e. The smallest absolute Gasteiger partial charge is 0.133 e. The summed E-state index contributed by atoms with van der Waals surface area (Å²) >= 11 is 0. The summed E-state index contributed by atoms with van der Waals surface area (Å²) in [4.78, 5) is 11.2. The van der Waals surface area contributed by atoms with Gasteiger partial charge in [0.1, 0.15) is 17.3 Å². The zero-order valence-corrected chi connectivity index (χ0v) is 9.82. The van der Waals surface area contributed by atoms with Gasteiger partial charge >= 0.3 is 0 Å². The number of carbonyl (C=O) groups excluding carboxylic acids is 1. The minimum atomic E-state index is 0.191. The maximum absolute atomic E-state index is 11.2. The van der Waals surface area contributed by atoms with Gasteiger partial charge in [-0.3, -0.25) is 4.79 Å².